The van der Waals surface area contributed by atoms with Gasteiger partial charge in [0, 0.05) is 37.5 Å². The van der Waals surface area contributed by atoms with Crippen LogP contribution in [0.15, 0.2) is 47.4 Å². The highest BCUT2D eigenvalue weighted by atomic mass is 32.2. The molecule has 11 nitrogen and oxygen atoms in total. The van der Waals surface area contributed by atoms with Crippen LogP contribution >= 0.6 is 0 Å². The number of carbonyl (C=O) groups excluding carboxylic acids is 1. The van der Waals surface area contributed by atoms with Gasteiger partial charge in [-0.3, -0.25) is 25.0 Å². The molecule has 0 unspecified atom stereocenters. The van der Waals surface area contributed by atoms with Crippen LogP contribution in [0.4, 0.5) is 17.1 Å². The average molecular weight is 422 g/mol. The van der Waals surface area contributed by atoms with Crippen LogP contribution in [0.5, 0.6) is 0 Å². The number of nitro benzene ring substituents is 2. The quantitative estimate of drug-likeness (QED) is 0.350. The van der Waals surface area contributed by atoms with E-state index in [1.54, 1.807) is 0 Å². The van der Waals surface area contributed by atoms with Crippen molar-refractivity contribution in [3.05, 3.63) is 68.3 Å². The first-order valence-electron chi connectivity index (χ1n) is 8.30. The highest BCUT2D eigenvalue weighted by molar-refractivity contribution is 7.90. The summed E-state index contributed by atoms with van der Waals surface area (Å²) in [7, 11) is -3.58. The van der Waals surface area contributed by atoms with Crippen LogP contribution < -0.4 is 10.6 Å². The number of nitrogens with zero attached hydrogens (tertiary/aromatic N) is 2. The zero-order valence-electron chi connectivity index (χ0n) is 15.3. The molecule has 154 valence electrons. The molecule has 0 aliphatic rings. The molecule has 0 spiro atoms. The van der Waals surface area contributed by atoms with Gasteiger partial charge in [-0.05, 0) is 17.7 Å². The summed E-state index contributed by atoms with van der Waals surface area (Å²) in [4.78, 5) is 32.3. The number of hydrogen-bond acceptors (Lipinski definition) is 8. The van der Waals surface area contributed by atoms with Crippen molar-refractivity contribution in [3.8, 4) is 0 Å². The summed E-state index contributed by atoms with van der Waals surface area (Å²) in [6.07, 6.45) is 0.987. The lowest BCUT2D eigenvalue weighted by atomic mass is 10.1. The van der Waals surface area contributed by atoms with E-state index >= 15 is 0 Å². The van der Waals surface area contributed by atoms with Crippen LogP contribution in [0, 0.1) is 20.2 Å². The van der Waals surface area contributed by atoms with Crippen LogP contribution in [0.2, 0.25) is 0 Å². The molecule has 0 fully saturated rings. The fourth-order valence-corrected chi connectivity index (χ4v) is 3.07. The Labute approximate surface area is 166 Å². The van der Waals surface area contributed by atoms with E-state index in [2.05, 4.69) is 10.6 Å². The predicted octanol–water partition coefficient (Wildman–Crippen LogP) is 1.68. The number of anilines is 1. The van der Waals surface area contributed by atoms with Gasteiger partial charge in [-0.1, -0.05) is 12.1 Å². The number of amides is 1. The Kier molecular flexibility index (Phi) is 6.83. The first-order chi connectivity index (χ1) is 13.6. The van der Waals surface area contributed by atoms with Gasteiger partial charge in [-0.25, -0.2) is 8.42 Å². The molecule has 2 aromatic carbocycles. The van der Waals surface area contributed by atoms with Gasteiger partial charge in [0.15, 0.2) is 9.84 Å². The number of nitro groups is 2. The van der Waals surface area contributed by atoms with E-state index in [1.165, 1.54) is 36.4 Å². The van der Waals surface area contributed by atoms with Crippen molar-refractivity contribution in [2.45, 2.75) is 11.3 Å². The Morgan fingerprint density at radius 1 is 1.00 bits per heavy atom. The molecule has 0 aromatic heterocycles. The molecule has 29 heavy (non-hydrogen) atoms. The van der Waals surface area contributed by atoms with E-state index in [0.29, 0.717) is 5.56 Å². The normalized spacial score (nSPS) is 10.9. The minimum Gasteiger partial charge on any atom is -0.378 e. The highest BCUT2D eigenvalue weighted by Gasteiger charge is 2.18. The molecule has 0 saturated carbocycles. The maximum atomic E-state index is 11.9. The largest absolute Gasteiger partial charge is 0.378 e. The zero-order valence-corrected chi connectivity index (χ0v) is 16.1. The molecule has 2 N–H and O–H groups in total. The lowest BCUT2D eigenvalue weighted by Gasteiger charge is -2.09. The lowest BCUT2D eigenvalue weighted by Crippen LogP contribution is -2.30. The molecule has 2 rings (SSSR count). The fraction of sp³-hybridized carbons (Fsp3) is 0.235. The molecule has 0 atom stereocenters. The molecule has 0 saturated heterocycles. The van der Waals surface area contributed by atoms with Crippen molar-refractivity contribution < 1.29 is 23.1 Å². The Morgan fingerprint density at radius 3 is 2.21 bits per heavy atom. The Hall–Kier alpha value is -3.54. The van der Waals surface area contributed by atoms with Crippen molar-refractivity contribution in [3.63, 3.8) is 0 Å². The van der Waals surface area contributed by atoms with Gasteiger partial charge in [-0.2, -0.15) is 0 Å². The topological polar surface area (TPSA) is 162 Å². The van der Waals surface area contributed by atoms with Crippen molar-refractivity contribution in [2.24, 2.45) is 0 Å². The molecular weight excluding hydrogens is 404 g/mol. The van der Waals surface area contributed by atoms with Gasteiger partial charge in [0.2, 0.25) is 5.91 Å². The summed E-state index contributed by atoms with van der Waals surface area (Å²) in [5.41, 5.74) is 0.284. The summed E-state index contributed by atoms with van der Waals surface area (Å²) in [5, 5.41) is 27.2. The molecule has 0 heterocycles. The maximum absolute atomic E-state index is 11.9. The molecular formula is C17H18N4O7S. The van der Waals surface area contributed by atoms with Gasteiger partial charge in [-0.15, -0.1) is 0 Å². The Bertz CT molecular complexity index is 1040. The third kappa shape index (κ3) is 6.24. The summed E-state index contributed by atoms with van der Waals surface area (Å²) in [5.74, 6) is -0.317. The minimum atomic E-state index is -3.58. The zero-order chi connectivity index (χ0) is 21.6. The molecule has 0 aliphatic heterocycles. The summed E-state index contributed by atoms with van der Waals surface area (Å²) >= 11 is 0. The number of rotatable bonds is 9. The standard InChI is InChI=1S/C17H18N4O7S/c1-29(27,28)14-6-7-15(16(11-14)21(25)26)18-8-9-19-17(22)10-12-2-4-13(5-3-12)20(23)24/h2-7,11,18H,8-10H2,1H3,(H,19,22). The van der Waals surface area contributed by atoms with Crippen LogP contribution in [0.25, 0.3) is 0 Å². The minimum absolute atomic E-state index is 0.0290. The van der Waals surface area contributed by atoms with E-state index in [4.69, 9.17) is 0 Å². The molecule has 0 bridgehead atoms. The predicted molar refractivity (Wildman–Crippen MR) is 105 cm³/mol. The average Bonchev–Trinajstić information content (AvgIpc) is 2.64. The molecule has 1 amide bonds. The van der Waals surface area contributed by atoms with Crippen LogP contribution in [0.1, 0.15) is 5.56 Å². The van der Waals surface area contributed by atoms with Crippen molar-refractivity contribution in [1.82, 2.24) is 5.32 Å². The number of benzene rings is 2. The summed E-state index contributed by atoms with van der Waals surface area (Å²) in [6.45, 7) is 0.335. The lowest BCUT2D eigenvalue weighted by molar-refractivity contribution is -0.384. The Balaban J connectivity index is 1.89. The van der Waals surface area contributed by atoms with E-state index < -0.39 is 19.7 Å². The SMILES string of the molecule is CS(=O)(=O)c1ccc(NCCNC(=O)Cc2ccc([N+](=O)[O-])cc2)c([N+](=O)[O-])c1. The van der Waals surface area contributed by atoms with E-state index in [-0.39, 0.29) is 47.4 Å². The number of sulfone groups is 1. The highest BCUT2D eigenvalue weighted by Crippen LogP contribution is 2.27. The number of carbonyl (C=O) groups is 1. The first-order valence-corrected chi connectivity index (χ1v) is 10.2. The number of nitrogens with one attached hydrogen (secondary N) is 2. The second-order valence-corrected chi connectivity index (χ2v) is 8.10. The van der Waals surface area contributed by atoms with E-state index in [0.717, 1.165) is 12.3 Å². The maximum Gasteiger partial charge on any atom is 0.293 e. The second-order valence-electron chi connectivity index (χ2n) is 6.09. The van der Waals surface area contributed by atoms with Crippen molar-refractivity contribution in [1.29, 1.82) is 0 Å². The molecule has 12 heteroatoms. The monoisotopic (exact) mass is 422 g/mol. The molecule has 2 aromatic rings. The Morgan fingerprint density at radius 2 is 1.66 bits per heavy atom. The van der Waals surface area contributed by atoms with Gasteiger partial charge in [0.1, 0.15) is 5.69 Å². The molecule has 0 radical (unpaired) electrons. The van der Waals surface area contributed by atoms with Crippen molar-refractivity contribution >= 4 is 32.8 Å². The van der Waals surface area contributed by atoms with E-state index in [9.17, 15) is 33.4 Å². The van der Waals surface area contributed by atoms with Gasteiger partial charge < -0.3 is 10.6 Å². The van der Waals surface area contributed by atoms with E-state index in [1.807, 2.05) is 0 Å². The second kappa shape index (κ2) is 9.10. The summed E-state index contributed by atoms with van der Waals surface area (Å²) < 4.78 is 23.1. The van der Waals surface area contributed by atoms with Crippen LogP contribution in [-0.2, 0) is 21.1 Å². The fourth-order valence-electron chi connectivity index (χ4n) is 2.43. The van der Waals surface area contributed by atoms with Gasteiger partial charge >= 0.3 is 0 Å². The number of hydrogen-bond donors (Lipinski definition) is 2. The smallest absolute Gasteiger partial charge is 0.293 e. The third-order valence-electron chi connectivity index (χ3n) is 3.87. The van der Waals surface area contributed by atoms with Gasteiger partial charge in [0.05, 0.1) is 21.2 Å². The first kappa shape index (κ1) is 21.8. The van der Waals surface area contributed by atoms with Crippen LogP contribution in [0.3, 0.4) is 0 Å². The van der Waals surface area contributed by atoms with Gasteiger partial charge in [0.25, 0.3) is 11.4 Å². The summed E-state index contributed by atoms with van der Waals surface area (Å²) in [6, 6.07) is 9.13. The van der Waals surface area contributed by atoms with Crippen molar-refractivity contribution in [2.75, 3.05) is 24.7 Å². The third-order valence-corrected chi connectivity index (χ3v) is 4.98. The molecule has 0 aliphatic carbocycles. The van der Waals surface area contributed by atoms with Crippen LogP contribution in [-0.4, -0.2) is 43.5 Å². The number of non-ortho nitro benzene ring substituents is 1.